The summed E-state index contributed by atoms with van der Waals surface area (Å²) in [5.74, 6) is 0.742. The van der Waals surface area contributed by atoms with Crippen LogP contribution in [0.25, 0.3) is 0 Å². The third-order valence-corrected chi connectivity index (χ3v) is 5.47. The van der Waals surface area contributed by atoms with Crippen LogP contribution in [0.1, 0.15) is 51.7 Å². The van der Waals surface area contributed by atoms with Crippen LogP contribution in [0.5, 0.6) is 0 Å². The molecule has 0 aromatic heterocycles. The van der Waals surface area contributed by atoms with Gasteiger partial charge in [0.05, 0.1) is 0 Å². The fraction of sp³-hybridized carbons (Fsp3) is 0.684. The fourth-order valence-electron chi connectivity index (χ4n) is 3.29. The van der Waals surface area contributed by atoms with E-state index >= 15 is 0 Å². The third-order valence-electron chi connectivity index (χ3n) is 5.47. The Bertz CT molecular complexity index is 457. The molecular weight excluding hydrogens is 256 g/mol. The van der Waals surface area contributed by atoms with Crippen molar-refractivity contribution in [2.45, 2.75) is 65.6 Å². The van der Waals surface area contributed by atoms with E-state index in [0.717, 1.165) is 25.6 Å². The van der Waals surface area contributed by atoms with Gasteiger partial charge in [-0.1, -0.05) is 57.0 Å². The van der Waals surface area contributed by atoms with Crippen LogP contribution < -0.4 is 5.32 Å². The first-order chi connectivity index (χ1) is 9.98. The first-order valence-corrected chi connectivity index (χ1v) is 8.52. The summed E-state index contributed by atoms with van der Waals surface area (Å²) in [7, 11) is 0. The van der Waals surface area contributed by atoms with E-state index in [2.05, 4.69) is 69.1 Å². The topological polar surface area (TPSA) is 15.3 Å². The minimum Gasteiger partial charge on any atom is -0.311 e. The van der Waals surface area contributed by atoms with Crippen molar-refractivity contribution >= 4 is 0 Å². The lowest BCUT2D eigenvalue weighted by Crippen LogP contribution is -2.63. The van der Waals surface area contributed by atoms with Gasteiger partial charge < -0.3 is 5.32 Å². The lowest BCUT2D eigenvalue weighted by Gasteiger charge is -2.49. The molecule has 0 bridgehead atoms. The van der Waals surface area contributed by atoms with E-state index in [-0.39, 0.29) is 5.54 Å². The maximum Gasteiger partial charge on any atom is 0.0307 e. The molecule has 2 nitrogen and oxygen atoms in total. The van der Waals surface area contributed by atoms with Gasteiger partial charge in [-0.05, 0) is 31.7 Å². The lowest BCUT2D eigenvalue weighted by molar-refractivity contribution is 0.0294. The first kappa shape index (κ1) is 16.5. The van der Waals surface area contributed by atoms with Crippen molar-refractivity contribution in [3.8, 4) is 0 Å². The van der Waals surface area contributed by atoms with Gasteiger partial charge in [-0.15, -0.1) is 0 Å². The van der Waals surface area contributed by atoms with Crippen molar-refractivity contribution < 1.29 is 0 Å². The lowest BCUT2D eigenvalue weighted by atomic mass is 9.87. The van der Waals surface area contributed by atoms with Gasteiger partial charge in [-0.25, -0.2) is 0 Å². The highest BCUT2D eigenvalue weighted by molar-refractivity contribution is 5.22. The van der Waals surface area contributed by atoms with Crippen LogP contribution in [-0.4, -0.2) is 29.6 Å². The first-order valence-electron chi connectivity index (χ1n) is 8.52. The van der Waals surface area contributed by atoms with Gasteiger partial charge in [0.25, 0.3) is 0 Å². The number of nitrogens with one attached hydrogen (secondary N) is 1. The molecule has 3 atom stereocenters. The van der Waals surface area contributed by atoms with Crippen LogP contribution >= 0.6 is 0 Å². The summed E-state index contributed by atoms with van der Waals surface area (Å²) in [4.78, 5) is 2.70. The molecule has 1 aromatic rings. The van der Waals surface area contributed by atoms with Crippen molar-refractivity contribution in [1.29, 1.82) is 0 Å². The molecule has 1 saturated heterocycles. The number of benzene rings is 1. The minimum absolute atomic E-state index is 0.272. The SMILES string of the molecule is CCC(C)C1CN(Cc2cccc(C)c2)C(C)(CC)CN1. The van der Waals surface area contributed by atoms with Crippen LogP contribution in [0.15, 0.2) is 24.3 Å². The van der Waals surface area contributed by atoms with Gasteiger partial charge in [0.2, 0.25) is 0 Å². The molecule has 0 saturated carbocycles. The van der Waals surface area contributed by atoms with Crippen LogP contribution in [0.3, 0.4) is 0 Å². The van der Waals surface area contributed by atoms with Crippen molar-refractivity contribution in [3.63, 3.8) is 0 Å². The van der Waals surface area contributed by atoms with Gasteiger partial charge in [0, 0.05) is 31.2 Å². The Labute approximate surface area is 130 Å². The third kappa shape index (κ3) is 3.87. The molecule has 0 radical (unpaired) electrons. The Morgan fingerprint density at radius 2 is 2.14 bits per heavy atom. The van der Waals surface area contributed by atoms with Crippen molar-refractivity contribution in [2.75, 3.05) is 13.1 Å². The molecule has 0 aliphatic carbocycles. The van der Waals surface area contributed by atoms with E-state index in [1.807, 2.05) is 0 Å². The number of piperazine rings is 1. The van der Waals surface area contributed by atoms with Crippen LogP contribution in [0.4, 0.5) is 0 Å². The van der Waals surface area contributed by atoms with Gasteiger partial charge in [-0.3, -0.25) is 4.90 Å². The quantitative estimate of drug-likeness (QED) is 0.881. The smallest absolute Gasteiger partial charge is 0.0307 e. The van der Waals surface area contributed by atoms with E-state index in [4.69, 9.17) is 0 Å². The molecule has 0 amide bonds. The summed E-state index contributed by atoms with van der Waals surface area (Å²) < 4.78 is 0. The average molecular weight is 288 g/mol. The van der Waals surface area contributed by atoms with Crippen LogP contribution in [0.2, 0.25) is 0 Å². The Kier molecular flexibility index (Phi) is 5.45. The predicted molar refractivity (Wildman–Crippen MR) is 91.5 cm³/mol. The average Bonchev–Trinajstić information content (AvgIpc) is 2.49. The van der Waals surface area contributed by atoms with Crippen LogP contribution in [-0.2, 0) is 6.54 Å². The molecule has 0 spiro atoms. The van der Waals surface area contributed by atoms with E-state index in [9.17, 15) is 0 Å². The highest BCUT2D eigenvalue weighted by atomic mass is 15.3. The zero-order valence-electron chi connectivity index (χ0n) is 14.4. The molecule has 3 unspecified atom stereocenters. The Hall–Kier alpha value is -0.860. The normalized spacial score (nSPS) is 28.5. The summed E-state index contributed by atoms with van der Waals surface area (Å²) in [6.45, 7) is 14.9. The molecular formula is C19H32N2. The van der Waals surface area contributed by atoms with Crippen molar-refractivity contribution in [2.24, 2.45) is 5.92 Å². The molecule has 118 valence electrons. The molecule has 1 aromatic carbocycles. The predicted octanol–water partition coefficient (Wildman–Crippen LogP) is 3.98. The number of hydrogen-bond acceptors (Lipinski definition) is 2. The zero-order valence-corrected chi connectivity index (χ0v) is 14.4. The second-order valence-electron chi connectivity index (χ2n) is 7.09. The second-order valence-corrected chi connectivity index (χ2v) is 7.09. The maximum atomic E-state index is 3.80. The highest BCUT2D eigenvalue weighted by Crippen LogP contribution is 2.27. The molecule has 1 heterocycles. The van der Waals surface area contributed by atoms with Gasteiger partial charge >= 0.3 is 0 Å². The van der Waals surface area contributed by atoms with Crippen LogP contribution in [0, 0.1) is 12.8 Å². The Balaban J connectivity index is 2.14. The molecule has 1 aliphatic rings. The fourth-order valence-corrected chi connectivity index (χ4v) is 3.29. The number of nitrogens with zero attached hydrogens (tertiary/aromatic N) is 1. The minimum atomic E-state index is 0.272. The monoisotopic (exact) mass is 288 g/mol. The molecule has 1 aliphatic heterocycles. The van der Waals surface area contributed by atoms with Gasteiger partial charge in [0.1, 0.15) is 0 Å². The van der Waals surface area contributed by atoms with Crippen molar-refractivity contribution in [3.05, 3.63) is 35.4 Å². The Morgan fingerprint density at radius 1 is 1.38 bits per heavy atom. The molecule has 2 heteroatoms. The molecule has 21 heavy (non-hydrogen) atoms. The Morgan fingerprint density at radius 3 is 2.76 bits per heavy atom. The standard InChI is InChI=1S/C19H32N2/c1-6-16(4)18-13-21(19(5,7-2)14-20-18)12-17-10-8-9-15(3)11-17/h8-11,16,18,20H,6-7,12-14H2,1-5H3. The zero-order chi connectivity index (χ0) is 15.5. The summed E-state index contributed by atoms with van der Waals surface area (Å²) in [5.41, 5.74) is 3.08. The van der Waals surface area contributed by atoms with E-state index in [0.29, 0.717) is 6.04 Å². The summed E-state index contributed by atoms with van der Waals surface area (Å²) in [5, 5.41) is 3.80. The number of hydrogen-bond donors (Lipinski definition) is 1. The van der Waals surface area contributed by atoms with E-state index in [1.165, 1.54) is 24.0 Å². The van der Waals surface area contributed by atoms with E-state index < -0.39 is 0 Å². The van der Waals surface area contributed by atoms with Gasteiger partial charge in [0.15, 0.2) is 0 Å². The molecule has 2 rings (SSSR count). The molecule has 1 N–H and O–H groups in total. The summed E-state index contributed by atoms with van der Waals surface area (Å²) in [6.07, 6.45) is 2.44. The number of aryl methyl sites for hydroxylation is 1. The maximum absolute atomic E-state index is 3.80. The summed E-state index contributed by atoms with van der Waals surface area (Å²) in [6, 6.07) is 9.59. The largest absolute Gasteiger partial charge is 0.311 e. The molecule has 1 fully saturated rings. The highest BCUT2D eigenvalue weighted by Gasteiger charge is 2.37. The second kappa shape index (κ2) is 6.93. The van der Waals surface area contributed by atoms with Gasteiger partial charge in [-0.2, -0.15) is 0 Å². The van der Waals surface area contributed by atoms with Crippen molar-refractivity contribution in [1.82, 2.24) is 10.2 Å². The summed E-state index contributed by atoms with van der Waals surface area (Å²) >= 11 is 0. The van der Waals surface area contributed by atoms with E-state index in [1.54, 1.807) is 0 Å². The number of rotatable bonds is 5.